The summed E-state index contributed by atoms with van der Waals surface area (Å²) in [6.45, 7) is 3.51. The zero-order valence-electron chi connectivity index (χ0n) is 9.82. The van der Waals surface area contributed by atoms with Crippen LogP contribution in [0.2, 0.25) is 5.02 Å². The van der Waals surface area contributed by atoms with Crippen LogP contribution in [0.1, 0.15) is 24.0 Å². The zero-order valence-corrected chi connectivity index (χ0v) is 10.6. The van der Waals surface area contributed by atoms with Crippen LogP contribution in [0.25, 0.3) is 0 Å². The smallest absolute Gasteiger partial charge is 0.320 e. The number of hydrogen-bond acceptors (Lipinski definition) is 2. The number of hydrogen-bond donors (Lipinski definition) is 1. The Morgan fingerprint density at radius 1 is 1.53 bits per heavy atom. The van der Waals surface area contributed by atoms with Gasteiger partial charge in [0.05, 0.1) is 0 Å². The Hall–Kier alpha value is -1.06. The third kappa shape index (κ3) is 2.99. The number of halogens is 1. The van der Waals surface area contributed by atoms with Gasteiger partial charge in [-0.2, -0.15) is 0 Å². The maximum Gasteiger partial charge on any atom is 0.320 e. The quantitative estimate of drug-likeness (QED) is 0.901. The molecule has 0 aromatic heterocycles. The molecular formula is C13H16ClNO2. The van der Waals surface area contributed by atoms with Crippen LogP contribution in [-0.2, 0) is 11.3 Å². The summed E-state index contributed by atoms with van der Waals surface area (Å²) in [6, 6.07) is 5.54. The molecule has 1 aromatic carbocycles. The third-order valence-corrected chi connectivity index (χ3v) is 3.35. The van der Waals surface area contributed by atoms with Crippen LogP contribution < -0.4 is 0 Å². The van der Waals surface area contributed by atoms with Crippen LogP contribution in [0.15, 0.2) is 18.2 Å². The van der Waals surface area contributed by atoms with Crippen LogP contribution in [0.4, 0.5) is 0 Å². The molecule has 17 heavy (non-hydrogen) atoms. The van der Waals surface area contributed by atoms with Gasteiger partial charge in [0.15, 0.2) is 0 Å². The molecular weight excluding hydrogens is 238 g/mol. The second-order valence-corrected chi connectivity index (χ2v) is 5.04. The Bertz CT molecular complexity index is 413. The number of aliphatic carboxylic acids is 1. The van der Waals surface area contributed by atoms with E-state index in [0.29, 0.717) is 11.6 Å². The molecule has 0 unspecified atom stereocenters. The molecule has 1 saturated heterocycles. The van der Waals surface area contributed by atoms with Crippen molar-refractivity contribution in [1.29, 1.82) is 0 Å². The Morgan fingerprint density at radius 2 is 2.29 bits per heavy atom. The van der Waals surface area contributed by atoms with E-state index in [1.807, 2.05) is 24.0 Å². The Labute approximate surface area is 106 Å². The molecule has 92 valence electrons. The highest BCUT2D eigenvalue weighted by molar-refractivity contribution is 6.30. The first-order valence-corrected chi connectivity index (χ1v) is 6.17. The van der Waals surface area contributed by atoms with E-state index in [-0.39, 0.29) is 6.04 Å². The molecule has 1 N–H and O–H groups in total. The number of benzene rings is 1. The maximum absolute atomic E-state index is 11.1. The van der Waals surface area contributed by atoms with E-state index in [1.165, 1.54) is 0 Å². The summed E-state index contributed by atoms with van der Waals surface area (Å²) in [5.74, 6) is -0.721. The molecule has 0 saturated carbocycles. The summed E-state index contributed by atoms with van der Waals surface area (Å²) >= 11 is 6.00. The van der Waals surface area contributed by atoms with Gasteiger partial charge in [0, 0.05) is 11.6 Å². The van der Waals surface area contributed by atoms with E-state index in [9.17, 15) is 4.79 Å². The highest BCUT2D eigenvalue weighted by atomic mass is 35.5. The predicted molar refractivity (Wildman–Crippen MR) is 67.3 cm³/mol. The second-order valence-electron chi connectivity index (χ2n) is 4.60. The third-order valence-electron chi connectivity index (χ3n) is 3.14. The van der Waals surface area contributed by atoms with Gasteiger partial charge in [-0.1, -0.05) is 17.7 Å². The van der Waals surface area contributed by atoms with Crippen molar-refractivity contribution in [3.63, 3.8) is 0 Å². The zero-order chi connectivity index (χ0) is 12.4. The lowest BCUT2D eigenvalue weighted by Gasteiger charge is -2.21. The maximum atomic E-state index is 11.1. The molecule has 1 aliphatic heterocycles. The summed E-state index contributed by atoms with van der Waals surface area (Å²) < 4.78 is 0. The van der Waals surface area contributed by atoms with Gasteiger partial charge >= 0.3 is 5.97 Å². The molecule has 0 amide bonds. The summed E-state index contributed by atoms with van der Waals surface area (Å²) in [5.41, 5.74) is 2.20. The van der Waals surface area contributed by atoms with Crippen molar-refractivity contribution in [3.8, 4) is 0 Å². The van der Waals surface area contributed by atoms with Crippen LogP contribution in [-0.4, -0.2) is 28.6 Å². The van der Waals surface area contributed by atoms with E-state index in [0.717, 1.165) is 30.5 Å². The second kappa shape index (κ2) is 5.07. The van der Waals surface area contributed by atoms with Crippen molar-refractivity contribution in [1.82, 2.24) is 4.90 Å². The number of aryl methyl sites for hydroxylation is 1. The average Bonchev–Trinajstić information content (AvgIpc) is 2.63. The van der Waals surface area contributed by atoms with Crippen LogP contribution in [0.3, 0.4) is 0 Å². The summed E-state index contributed by atoms with van der Waals surface area (Å²) in [5, 5.41) is 9.82. The lowest BCUT2D eigenvalue weighted by atomic mass is 10.1. The van der Waals surface area contributed by atoms with Crippen molar-refractivity contribution in [2.24, 2.45) is 0 Å². The largest absolute Gasteiger partial charge is 0.480 e. The molecule has 1 aliphatic rings. The number of likely N-dealkylation sites (tertiary alicyclic amines) is 1. The summed E-state index contributed by atoms with van der Waals surface area (Å²) in [4.78, 5) is 13.1. The Balaban J connectivity index is 2.12. The summed E-state index contributed by atoms with van der Waals surface area (Å²) in [6.07, 6.45) is 1.70. The molecule has 1 fully saturated rings. The van der Waals surface area contributed by atoms with Gasteiger partial charge in [-0.25, -0.2) is 0 Å². The molecule has 1 atom stereocenters. The lowest BCUT2D eigenvalue weighted by molar-refractivity contribution is -0.142. The topological polar surface area (TPSA) is 40.5 Å². The molecule has 1 aromatic rings. The van der Waals surface area contributed by atoms with Crippen molar-refractivity contribution >= 4 is 17.6 Å². The summed E-state index contributed by atoms with van der Waals surface area (Å²) in [7, 11) is 0. The first kappa shape index (κ1) is 12.4. The number of rotatable bonds is 3. The predicted octanol–water partition coefficient (Wildman–Crippen LogP) is 2.70. The molecule has 0 aliphatic carbocycles. The van der Waals surface area contributed by atoms with E-state index in [4.69, 9.17) is 16.7 Å². The normalized spacial score (nSPS) is 20.7. The van der Waals surface area contributed by atoms with E-state index < -0.39 is 5.97 Å². The van der Waals surface area contributed by atoms with Crippen LogP contribution in [0.5, 0.6) is 0 Å². The van der Waals surface area contributed by atoms with Crippen molar-refractivity contribution in [2.45, 2.75) is 32.4 Å². The van der Waals surface area contributed by atoms with Crippen molar-refractivity contribution < 1.29 is 9.90 Å². The lowest BCUT2D eigenvalue weighted by Crippen LogP contribution is -2.35. The highest BCUT2D eigenvalue weighted by Gasteiger charge is 2.30. The van der Waals surface area contributed by atoms with Gasteiger partial charge in [-0.3, -0.25) is 9.69 Å². The molecule has 1 heterocycles. The fraction of sp³-hybridized carbons (Fsp3) is 0.462. The van der Waals surface area contributed by atoms with Crippen LogP contribution in [0, 0.1) is 6.92 Å². The Morgan fingerprint density at radius 3 is 2.94 bits per heavy atom. The Kier molecular flexibility index (Phi) is 3.69. The minimum Gasteiger partial charge on any atom is -0.480 e. The first-order chi connectivity index (χ1) is 8.06. The number of carbonyl (C=O) groups is 1. The van der Waals surface area contributed by atoms with Gasteiger partial charge in [-0.15, -0.1) is 0 Å². The van der Waals surface area contributed by atoms with Gasteiger partial charge in [0.1, 0.15) is 6.04 Å². The van der Waals surface area contributed by atoms with Gasteiger partial charge < -0.3 is 5.11 Å². The fourth-order valence-corrected chi connectivity index (χ4v) is 2.75. The van der Waals surface area contributed by atoms with Crippen LogP contribution >= 0.6 is 11.6 Å². The molecule has 3 nitrogen and oxygen atoms in total. The van der Waals surface area contributed by atoms with Gasteiger partial charge in [-0.05, 0) is 49.6 Å². The average molecular weight is 254 g/mol. The molecule has 0 bridgehead atoms. The molecule has 0 spiro atoms. The number of nitrogens with zero attached hydrogens (tertiary/aromatic N) is 1. The van der Waals surface area contributed by atoms with Crippen molar-refractivity contribution in [3.05, 3.63) is 34.3 Å². The first-order valence-electron chi connectivity index (χ1n) is 5.79. The molecule has 0 radical (unpaired) electrons. The van der Waals surface area contributed by atoms with E-state index in [2.05, 4.69) is 6.07 Å². The minimum atomic E-state index is -0.721. The molecule has 4 heteroatoms. The van der Waals surface area contributed by atoms with E-state index >= 15 is 0 Å². The standard InChI is InChI=1S/C13H16ClNO2/c1-9-5-10(7-11(14)6-9)8-15-4-2-3-12(15)13(16)17/h5-7,12H,2-4,8H2,1H3,(H,16,17)/t12-/m0/s1. The molecule has 2 rings (SSSR count). The van der Waals surface area contributed by atoms with Crippen molar-refractivity contribution in [2.75, 3.05) is 6.54 Å². The number of carboxylic acids is 1. The minimum absolute atomic E-state index is 0.339. The SMILES string of the molecule is Cc1cc(Cl)cc(CN2CCC[C@H]2C(=O)O)c1. The highest BCUT2D eigenvalue weighted by Crippen LogP contribution is 2.22. The van der Waals surface area contributed by atoms with E-state index in [1.54, 1.807) is 0 Å². The number of carboxylic acid groups (broad SMARTS) is 1. The van der Waals surface area contributed by atoms with Gasteiger partial charge in [0.2, 0.25) is 0 Å². The monoisotopic (exact) mass is 253 g/mol. The van der Waals surface area contributed by atoms with Gasteiger partial charge in [0.25, 0.3) is 0 Å². The fourth-order valence-electron chi connectivity index (χ4n) is 2.43.